The maximum Gasteiger partial charge on any atom is 0.255 e. The molecule has 4 aromatic rings. The van der Waals surface area contributed by atoms with Gasteiger partial charge in [-0.25, -0.2) is 0 Å². The summed E-state index contributed by atoms with van der Waals surface area (Å²) in [5.41, 5.74) is 5.80. The minimum atomic E-state index is -0.371. The Morgan fingerprint density at radius 2 is 1.70 bits per heavy atom. The standard InChI is InChI=1S/C28H25N3O2/c1-3-17-29-24(32)18-31-27(20-13-7-8-14-21(20)28(31)33)25-22-15-9-10-16-23(22)30(2)26(25)19-11-5-4-6-12-19/h3-16,27H,1,17-18H2,2H3,(H,29,32). The van der Waals surface area contributed by atoms with Crippen molar-refractivity contribution >= 4 is 22.7 Å². The van der Waals surface area contributed by atoms with Crippen molar-refractivity contribution in [2.75, 3.05) is 13.1 Å². The zero-order chi connectivity index (χ0) is 22.9. The van der Waals surface area contributed by atoms with Crippen LogP contribution < -0.4 is 5.32 Å². The summed E-state index contributed by atoms with van der Waals surface area (Å²) in [7, 11) is 2.05. The molecule has 0 spiro atoms. The Balaban J connectivity index is 1.75. The van der Waals surface area contributed by atoms with Gasteiger partial charge in [0.05, 0.1) is 11.7 Å². The van der Waals surface area contributed by atoms with Gasteiger partial charge in [0.25, 0.3) is 5.91 Å². The highest BCUT2D eigenvalue weighted by molar-refractivity contribution is 6.03. The molecule has 1 aliphatic heterocycles. The van der Waals surface area contributed by atoms with Crippen LogP contribution in [0.4, 0.5) is 0 Å². The number of hydrogen-bond acceptors (Lipinski definition) is 2. The molecule has 5 heteroatoms. The normalized spacial score (nSPS) is 15.0. The fourth-order valence-corrected chi connectivity index (χ4v) is 4.89. The summed E-state index contributed by atoms with van der Waals surface area (Å²) in [4.78, 5) is 27.9. The van der Waals surface area contributed by atoms with Crippen LogP contribution in [0.2, 0.25) is 0 Å². The van der Waals surface area contributed by atoms with Gasteiger partial charge in [0, 0.05) is 35.6 Å². The van der Waals surface area contributed by atoms with E-state index in [0.29, 0.717) is 12.1 Å². The number of hydrogen-bond donors (Lipinski definition) is 1. The van der Waals surface area contributed by atoms with Crippen molar-refractivity contribution in [1.29, 1.82) is 0 Å². The number of carbonyl (C=O) groups excluding carboxylic acids is 2. The minimum Gasteiger partial charge on any atom is -0.351 e. The SMILES string of the molecule is C=CCNC(=O)CN1C(=O)c2ccccc2C1c1c(-c2ccccc2)n(C)c2ccccc12. The van der Waals surface area contributed by atoms with E-state index >= 15 is 0 Å². The van der Waals surface area contributed by atoms with Crippen LogP contribution in [0.5, 0.6) is 0 Å². The smallest absolute Gasteiger partial charge is 0.255 e. The third-order valence-corrected chi connectivity index (χ3v) is 6.28. The monoisotopic (exact) mass is 435 g/mol. The quantitative estimate of drug-likeness (QED) is 0.447. The summed E-state index contributed by atoms with van der Waals surface area (Å²) in [5.74, 6) is -0.334. The Kier molecular flexibility index (Phi) is 5.31. The molecule has 164 valence electrons. The molecule has 1 aromatic heterocycles. The van der Waals surface area contributed by atoms with Gasteiger partial charge in [0.1, 0.15) is 6.54 Å². The molecule has 2 amide bonds. The average Bonchev–Trinajstić information content (AvgIpc) is 3.29. The van der Waals surface area contributed by atoms with Crippen LogP contribution in [-0.2, 0) is 11.8 Å². The largest absolute Gasteiger partial charge is 0.351 e. The van der Waals surface area contributed by atoms with Crippen LogP contribution in [0.1, 0.15) is 27.5 Å². The van der Waals surface area contributed by atoms with Gasteiger partial charge in [-0.2, -0.15) is 0 Å². The molecule has 2 heterocycles. The van der Waals surface area contributed by atoms with Crippen molar-refractivity contribution in [3.8, 4) is 11.3 Å². The first kappa shape index (κ1) is 20.8. The van der Waals surface area contributed by atoms with Crippen LogP contribution in [0.3, 0.4) is 0 Å². The van der Waals surface area contributed by atoms with E-state index in [1.807, 2.05) is 54.6 Å². The average molecular weight is 436 g/mol. The second-order valence-electron chi connectivity index (χ2n) is 8.22. The third-order valence-electron chi connectivity index (χ3n) is 6.28. The van der Waals surface area contributed by atoms with E-state index in [1.54, 1.807) is 11.0 Å². The highest BCUT2D eigenvalue weighted by atomic mass is 16.2. The van der Waals surface area contributed by atoms with Crippen LogP contribution in [-0.4, -0.2) is 34.4 Å². The molecule has 3 aromatic carbocycles. The molecule has 5 nitrogen and oxygen atoms in total. The molecule has 1 unspecified atom stereocenters. The summed E-state index contributed by atoms with van der Waals surface area (Å²) in [6.07, 6.45) is 1.63. The Hall–Kier alpha value is -4.12. The molecule has 0 saturated heterocycles. The lowest BCUT2D eigenvalue weighted by molar-refractivity contribution is -0.121. The molecule has 1 atom stereocenters. The van der Waals surface area contributed by atoms with Gasteiger partial charge in [-0.3, -0.25) is 9.59 Å². The number of nitrogens with one attached hydrogen (secondary N) is 1. The van der Waals surface area contributed by atoms with Crippen molar-refractivity contribution in [1.82, 2.24) is 14.8 Å². The number of nitrogens with zero attached hydrogens (tertiary/aromatic N) is 2. The predicted octanol–water partition coefficient (Wildman–Crippen LogP) is 4.69. The summed E-state index contributed by atoms with van der Waals surface area (Å²) in [5, 5.41) is 3.89. The first-order chi connectivity index (χ1) is 16.1. The number of para-hydroxylation sites is 1. The number of benzene rings is 3. The molecule has 0 fully saturated rings. The van der Waals surface area contributed by atoms with Crippen LogP contribution in [0.15, 0.2) is 91.5 Å². The van der Waals surface area contributed by atoms with Gasteiger partial charge in [-0.15, -0.1) is 6.58 Å². The van der Waals surface area contributed by atoms with Gasteiger partial charge in [0.15, 0.2) is 0 Å². The maximum atomic E-state index is 13.5. The second-order valence-corrected chi connectivity index (χ2v) is 8.22. The fourth-order valence-electron chi connectivity index (χ4n) is 4.89. The zero-order valence-electron chi connectivity index (χ0n) is 18.5. The van der Waals surface area contributed by atoms with E-state index in [0.717, 1.165) is 33.3 Å². The molecule has 0 saturated carbocycles. The molecular weight excluding hydrogens is 410 g/mol. The maximum absolute atomic E-state index is 13.5. The molecule has 0 bridgehead atoms. The Morgan fingerprint density at radius 1 is 1.00 bits per heavy atom. The third kappa shape index (κ3) is 3.42. The number of fused-ring (bicyclic) bond motifs is 2. The molecular formula is C28H25N3O2. The Bertz CT molecular complexity index is 1370. The van der Waals surface area contributed by atoms with Crippen molar-refractivity contribution in [3.63, 3.8) is 0 Å². The molecule has 33 heavy (non-hydrogen) atoms. The molecule has 0 radical (unpaired) electrons. The van der Waals surface area contributed by atoms with Gasteiger partial charge < -0.3 is 14.8 Å². The molecule has 1 aliphatic rings. The van der Waals surface area contributed by atoms with E-state index < -0.39 is 0 Å². The van der Waals surface area contributed by atoms with E-state index in [1.165, 1.54) is 0 Å². The first-order valence-corrected chi connectivity index (χ1v) is 11.0. The van der Waals surface area contributed by atoms with Gasteiger partial charge in [-0.1, -0.05) is 72.8 Å². The van der Waals surface area contributed by atoms with Crippen LogP contribution in [0.25, 0.3) is 22.2 Å². The lowest BCUT2D eigenvalue weighted by Gasteiger charge is -2.26. The summed E-state index contributed by atoms with van der Waals surface area (Å²) >= 11 is 0. The zero-order valence-corrected chi connectivity index (χ0v) is 18.5. The predicted molar refractivity (Wildman–Crippen MR) is 131 cm³/mol. The molecule has 5 rings (SSSR count). The first-order valence-electron chi connectivity index (χ1n) is 11.0. The van der Waals surface area contributed by atoms with Crippen LogP contribution >= 0.6 is 0 Å². The number of amides is 2. The van der Waals surface area contributed by atoms with Crippen molar-refractivity contribution < 1.29 is 9.59 Å². The summed E-state index contributed by atoms with van der Waals surface area (Å²) in [6.45, 7) is 4.00. The number of aromatic nitrogens is 1. The van der Waals surface area contributed by atoms with Gasteiger partial charge in [-0.05, 0) is 23.3 Å². The topological polar surface area (TPSA) is 54.3 Å². The molecule has 1 N–H and O–H groups in total. The van der Waals surface area contributed by atoms with E-state index in [2.05, 4.69) is 47.8 Å². The summed E-state index contributed by atoms with van der Waals surface area (Å²) < 4.78 is 2.18. The lowest BCUT2D eigenvalue weighted by Crippen LogP contribution is -2.39. The summed E-state index contributed by atoms with van der Waals surface area (Å²) in [6, 6.07) is 25.7. The highest BCUT2D eigenvalue weighted by Gasteiger charge is 2.41. The number of aryl methyl sites for hydroxylation is 1. The highest BCUT2D eigenvalue weighted by Crippen LogP contribution is 2.46. The van der Waals surface area contributed by atoms with Gasteiger partial charge in [0.2, 0.25) is 5.91 Å². The van der Waals surface area contributed by atoms with E-state index in [4.69, 9.17) is 0 Å². The second kappa shape index (κ2) is 8.43. The number of rotatable bonds is 6. The number of carbonyl (C=O) groups is 2. The van der Waals surface area contributed by atoms with Crippen molar-refractivity contribution in [2.45, 2.75) is 6.04 Å². The van der Waals surface area contributed by atoms with Gasteiger partial charge >= 0.3 is 0 Å². The van der Waals surface area contributed by atoms with Crippen molar-refractivity contribution in [3.05, 3.63) is 108 Å². The minimum absolute atomic E-state index is 0.0243. The van der Waals surface area contributed by atoms with E-state index in [9.17, 15) is 9.59 Å². The Morgan fingerprint density at radius 3 is 2.48 bits per heavy atom. The fraction of sp³-hybridized carbons (Fsp3) is 0.143. The molecule has 0 aliphatic carbocycles. The Labute approximate surface area is 193 Å². The van der Waals surface area contributed by atoms with Crippen LogP contribution in [0, 0.1) is 0 Å². The van der Waals surface area contributed by atoms with E-state index in [-0.39, 0.29) is 24.4 Å². The lowest BCUT2D eigenvalue weighted by atomic mass is 9.93. The van der Waals surface area contributed by atoms with Crippen molar-refractivity contribution in [2.24, 2.45) is 7.05 Å².